The van der Waals surface area contributed by atoms with Crippen LogP contribution >= 0.6 is 0 Å². The van der Waals surface area contributed by atoms with E-state index < -0.39 is 21.6 Å². The van der Waals surface area contributed by atoms with Crippen molar-refractivity contribution >= 4 is 27.1 Å². The largest absolute Gasteiger partial charge is 0.356 e. The molecule has 4 rings (SSSR count). The molecule has 1 amide bonds. The lowest BCUT2D eigenvalue weighted by Gasteiger charge is -2.26. The summed E-state index contributed by atoms with van der Waals surface area (Å²) in [6.45, 7) is 2.30. The minimum atomic E-state index is -2.96. The first-order valence-electron chi connectivity index (χ1n) is 11.4. The van der Waals surface area contributed by atoms with Gasteiger partial charge in [0, 0.05) is 54.5 Å². The van der Waals surface area contributed by atoms with Gasteiger partial charge in [-0.15, -0.1) is 0 Å². The number of amides is 1. The van der Waals surface area contributed by atoms with Crippen LogP contribution in [-0.4, -0.2) is 40.4 Å². The third kappa shape index (κ3) is 5.67. The Labute approximate surface area is 204 Å². The van der Waals surface area contributed by atoms with E-state index in [-0.39, 0.29) is 19.4 Å². The fourth-order valence-corrected chi connectivity index (χ4v) is 4.99. The average Bonchev–Trinajstić information content (AvgIpc) is 2.99. The second kappa shape index (κ2) is 9.73. The van der Waals surface area contributed by atoms with Gasteiger partial charge >= 0.3 is 0 Å². The summed E-state index contributed by atoms with van der Waals surface area (Å²) in [6, 6.07) is 15.9. The van der Waals surface area contributed by atoms with E-state index in [4.69, 9.17) is 4.78 Å². The fourth-order valence-electron chi connectivity index (χ4n) is 4.30. The first-order chi connectivity index (χ1) is 16.5. The Bertz CT molecular complexity index is 1340. The van der Waals surface area contributed by atoms with Gasteiger partial charge in [-0.05, 0) is 42.7 Å². The first kappa shape index (κ1) is 24.8. The Balaban J connectivity index is 1.77. The van der Waals surface area contributed by atoms with Gasteiger partial charge in [-0.3, -0.25) is 4.79 Å². The Morgan fingerprint density at radius 2 is 1.86 bits per heavy atom. The number of carbonyl (C=O) groups is 1. The van der Waals surface area contributed by atoms with Crippen molar-refractivity contribution < 1.29 is 17.8 Å². The maximum atomic E-state index is 14.0. The number of anilines is 2. The second-order valence-corrected chi connectivity index (χ2v) is 11.0. The van der Waals surface area contributed by atoms with Crippen LogP contribution in [0.1, 0.15) is 35.2 Å². The number of hydrogen-bond donors (Lipinski definition) is 2. The van der Waals surface area contributed by atoms with Crippen LogP contribution in [0, 0.1) is 11.7 Å². The van der Waals surface area contributed by atoms with Gasteiger partial charge in [-0.25, -0.2) is 22.8 Å². The standard InChI is InChI=1S/C26H28F2N4O2S/c1-18-22(19-8-4-3-5-9-19)17-30-24(32-14-7-12-26(27,28)13-15-32)23(18)25(33)31-20-10-6-11-21(16-20)35(2,29)34/h3-6,8-11,16-17,29H,7,12-15H2,1-2H3,(H,31,33)/t35-/m1/s1. The van der Waals surface area contributed by atoms with Gasteiger partial charge in [0.05, 0.1) is 15.3 Å². The lowest BCUT2D eigenvalue weighted by atomic mass is 9.97. The molecule has 1 aromatic heterocycles. The summed E-state index contributed by atoms with van der Waals surface area (Å²) in [7, 11) is -2.96. The monoisotopic (exact) mass is 498 g/mol. The van der Waals surface area contributed by atoms with Crippen molar-refractivity contribution in [3.05, 3.63) is 71.9 Å². The predicted molar refractivity (Wildman–Crippen MR) is 135 cm³/mol. The highest BCUT2D eigenvalue weighted by Crippen LogP contribution is 2.34. The minimum Gasteiger partial charge on any atom is -0.356 e. The van der Waals surface area contributed by atoms with E-state index in [1.165, 1.54) is 12.3 Å². The normalized spacial score (nSPS) is 17.3. The molecule has 2 aromatic carbocycles. The van der Waals surface area contributed by atoms with Gasteiger partial charge in [-0.1, -0.05) is 36.4 Å². The molecule has 0 bridgehead atoms. The number of aromatic nitrogens is 1. The molecule has 2 N–H and O–H groups in total. The Morgan fingerprint density at radius 3 is 2.57 bits per heavy atom. The molecule has 0 unspecified atom stereocenters. The Kier molecular flexibility index (Phi) is 6.89. The lowest BCUT2D eigenvalue weighted by Crippen LogP contribution is -2.30. The number of alkyl halides is 2. The molecule has 6 nitrogen and oxygen atoms in total. The molecule has 0 spiro atoms. The zero-order valence-corrected chi connectivity index (χ0v) is 20.5. The molecule has 1 aliphatic rings. The second-order valence-electron chi connectivity index (χ2n) is 8.88. The number of hydrogen-bond acceptors (Lipinski definition) is 5. The van der Waals surface area contributed by atoms with Crippen LogP contribution in [0.2, 0.25) is 0 Å². The van der Waals surface area contributed by atoms with Gasteiger partial charge in [0.1, 0.15) is 5.82 Å². The predicted octanol–water partition coefficient (Wildman–Crippen LogP) is 5.97. The third-order valence-corrected chi connectivity index (χ3v) is 7.34. The van der Waals surface area contributed by atoms with E-state index in [0.29, 0.717) is 40.5 Å². The molecule has 0 radical (unpaired) electrons. The number of halogens is 2. The van der Waals surface area contributed by atoms with Crippen LogP contribution < -0.4 is 10.2 Å². The maximum absolute atomic E-state index is 14.0. The molecule has 9 heteroatoms. The van der Waals surface area contributed by atoms with E-state index in [1.54, 1.807) is 29.3 Å². The van der Waals surface area contributed by atoms with Crippen molar-refractivity contribution in [2.24, 2.45) is 0 Å². The van der Waals surface area contributed by atoms with Crippen LogP contribution in [0.15, 0.2) is 65.7 Å². The zero-order chi connectivity index (χ0) is 25.2. The molecular formula is C26H28F2N4O2S. The van der Waals surface area contributed by atoms with Crippen LogP contribution in [0.25, 0.3) is 11.1 Å². The lowest BCUT2D eigenvalue weighted by molar-refractivity contribution is -0.0102. The highest BCUT2D eigenvalue weighted by Gasteiger charge is 2.33. The summed E-state index contributed by atoms with van der Waals surface area (Å²) in [6.07, 6.45) is 2.81. The summed E-state index contributed by atoms with van der Waals surface area (Å²) in [4.78, 5) is 20.3. The molecule has 1 fully saturated rings. The topological polar surface area (TPSA) is 86.2 Å². The summed E-state index contributed by atoms with van der Waals surface area (Å²) in [5, 5.41) is 2.84. The molecule has 3 aromatic rings. The van der Waals surface area contributed by atoms with Gasteiger partial charge in [0.15, 0.2) is 0 Å². The molecule has 1 aliphatic heterocycles. The van der Waals surface area contributed by atoms with Crippen molar-refractivity contribution in [3.63, 3.8) is 0 Å². The average molecular weight is 499 g/mol. The molecular weight excluding hydrogens is 470 g/mol. The summed E-state index contributed by atoms with van der Waals surface area (Å²) in [5.41, 5.74) is 3.06. The summed E-state index contributed by atoms with van der Waals surface area (Å²) < 4.78 is 48.1. The number of benzene rings is 2. The summed E-state index contributed by atoms with van der Waals surface area (Å²) >= 11 is 0. The van der Waals surface area contributed by atoms with Crippen LogP contribution in [0.5, 0.6) is 0 Å². The summed E-state index contributed by atoms with van der Waals surface area (Å²) in [5.74, 6) is -2.81. The fraction of sp³-hybridized carbons (Fsp3) is 0.308. The number of nitrogens with zero attached hydrogens (tertiary/aromatic N) is 2. The van der Waals surface area contributed by atoms with Crippen molar-refractivity contribution in [1.82, 2.24) is 4.98 Å². The molecule has 35 heavy (non-hydrogen) atoms. The van der Waals surface area contributed by atoms with Crippen molar-refractivity contribution in [2.75, 3.05) is 29.6 Å². The van der Waals surface area contributed by atoms with E-state index in [0.717, 1.165) is 11.1 Å². The molecule has 0 aliphatic carbocycles. The highest BCUT2D eigenvalue weighted by molar-refractivity contribution is 7.91. The molecule has 0 saturated carbocycles. The maximum Gasteiger partial charge on any atom is 0.259 e. The number of pyridine rings is 1. The van der Waals surface area contributed by atoms with Crippen molar-refractivity contribution in [2.45, 2.75) is 37.0 Å². The van der Waals surface area contributed by atoms with Gasteiger partial charge in [-0.2, -0.15) is 0 Å². The van der Waals surface area contributed by atoms with Crippen molar-refractivity contribution in [1.29, 1.82) is 4.78 Å². The van der Waals surface area contributed by atoms with Crippen LogP contribution in [0.3, 0.4) is 0 Å². The Morgan fingerprint density at radius 1 is 1.11 bits per heavy atom. The Hall–Kier alpha value is -3.33. The number of nitrogens with one attached hydrogen (secondary N) is 2. The van der Waals surface area contributed by atoms with Gasteiger partial charge in [0.2, 0.25) is 5.92 Å². The molecule has 184 valence electrons. The van der Waals surface area contributed by atoms with Crippen LogP contribution in [0.4, 0.5) is 20.3 Å². The van der Waals surface area contributed by atoms with E-state index in [9.17, 15) is 17.8 Å². The van der Waals surface area contributed by atoms with E-state index >= 15 is 0 Å². The first-order valence-corrected chi connectivity index (χ1v) is 13.3. The zero-order valence-electron chi connectivity index (χ0n) is 19.7. The highest BCUT2D eigenvalue weighted by atomic mass is 32.2. The number of rotatable bonds is 5. The minimum absolute atomic E-state index is 0.0939. The van der Waals surface area contributed by atoms with Gasteiger partial charge < -0.3 is 10.2 Å². The molecule has 1 saturated heterocycles. The van der Waals surface area contributed by atoms with E-state index in [1.807, 2.05) is 37.3 Å². The smallest absolute Gasteiger partial charge is 0.259 e. The molecule has 2 heterocycles. The SMILES string of the molecule is Cc1c(-c2ccccc2)cnc(N2CCCC(F)(F)CC2)c1C(=O)Nc1cccc([S@](C)(=N)=O)c1. The third-order valence-electron chi connectivity index (χ3n) is 6.19. The molecule has 1 atom stereocenters. The van der Waals surface area contributed by atoms with Gasteiger partial charge in [0.25, 0.3) is 5.91 Å². The number of carbonyl (C=O) groups excluding carboxylic acids is 1. The van der Waals surface area contributed by atoms with Crippen molar-refractivity contribution in [3.8, 4) is 11.1 Å². The van der Waals surface area contributed by atoms with E-state index in [2.05, 4.69) is 10.3 Å². The quantitative estimate of drug-likeness (QED) is 0.454. The van der Waals surface area contributed by atoms with Crippen LogP contribution in [-0.2, 0) is 9.73 Å².